The number of pyridine rings is 2. The number of sulfone groups is 1. The topological polar surface area (TPSA) is 81.6 Å². The lowest BCUT2D eigenvalue weighted by Crippen LogP contribution is -2.45. The molecule has 1 aliphatic heterocycles. The van der Waals surface area contributed by atoms with E-state index >= 15 is 0 Å². The number of morpholine rings is 1. The Morgan fingerprint density at radius 3 is 2.19 bits per heavy atom. The average molecular weight is 504 g/mol. The molecule has 2 atom stereocenters. The van der Waals surface area contributed by atoms with Crippen molar-refractivity contribution in [1.82, 2.24) is 9.97 Å². The SMILES string of the molecule is COc1c(-c2ccc(N3C[C@@H](C)O[C@@H](C)C3)nc2)cnc2c(-c3ccc(S(C)(=O)=O)cc3)cccc12. The minimum absolute atomic E-state index is 0.164. The first-order valence-electron chi connectivity index (χ1n) is 11.9. The summed E-state index contributed by atoms with van der Waals surface area (Å²) < 4.78 is 35.4. The van der Waals surface area contributed by atoms with Gasteiger partial charge < -0.3 is 14.4 Å². The van der Waals surface area contributed by atoms with Crippen LogP contribution in [0.2, 0.25) is 0 Å². The average Bonchev–Trinajstić information content (AvgIpc) is 2.86. The molecule has 1 fully saturated rings. The van der Waals surface area contributed by atoms with E-state index in [1.54, 1.807) is 19.2 Å². The second kappa shape index (κ2) is 9.52. The number of aromatic nitrogens is 2. The zero-order valence-corrected chi connectivity index (χ0v) is 21.6. The summed E-state index contributed by atoms with van der Waals surface area (Å²) in [4.78, 5) is 12.1. The highest BCUT2D eigenvalue weighted by Crippen LogP contribution is 2.39. The van der Waals surface area contributed by atoms with Gasteiger partial charge in [-0.2, -0.15) is 0 Å². The number of hydrogen-bond acceptors (Lipinski definition) is 7. The zero-order chi connectivity index (χ0) is 25.4. The van der Waals surface area contributed by atoms with Gasteiger partial charge in [-0.15, -0.1) is 0 Å². The van der Waals surface area contributed by atoms with E-state index in [9.17, 15) is 8.42 Å². The predicted molar refractivity (Wildman–Crippen MR) is 142 cm³/mol. The van der Waals surface area contributed by atoms with Crippen molar-refractivity contribution in [2.75, 3.05) is 31.4 Å². The van der Waals surface area contributed by atoms with Crippen LogP contribution in [0.25, 0.3) is 33.2 Å². The number of nitrogens with zero attached hydrogens (tertiary/aromatic N) is 3. The van der Waals surface area contributed by atoms with E-state index in [1.807, 2.05) is 54.9 Å². The van der Waals surface area contributed by atoms with Gasteiger partial charge in [0.25, 0.3) is 0 Å². The Morgan fingerprint density at radius 2 is 1.58 bits per heavy atom. The van der Waals surface area contributed by atoms with E-state index in [0.29, 0.717) is 0 Å². The van der Waals surface area contributed by atoms with Crippen LogP contribution < -0.4 is 9.64 Å². The Labute approximate surface area is 211 Å². The molecule has 3 heterocycles. The fraction of sp³-hybridized carbons (Fsp3) is 0.286. The van der Waals surface area contributed by atoms with Gasteiger partial charge in [0, 0.05) is 53.8 Å². The first-order chi connectivity index (χ1) is 17.2. The van der Waals surface area contributed by atoms with Crippen molar-refractivity contribution in [3.05, 3.63) is 67.0 Å². The standard InChI is InChI=1S/C28H29N3O4S/c1-18-16-31(17-19(2)35-18)26-13-10-21(14-29-26)25-15-30-27-23(6-5-7-24(27)28(25)34-3)20-8-11-22(12-9-20)36(4,32)33/h5-15,18-19H,16-17H2,1-4H3/t18-,19+. The third kappa shape index (κ3) is 4.66. The first-order valence-corrected chi connectivity index (χ1v) is 13.8. The number of fused-ring (bicyclic) bond motifs is 1. The third-order valence-corrected chi connectivity index (χ3v) is 7.58. The highest BCUT2D eigenvalue weighted by molar-refractivity contribution is 7.90. The van der Waals surface area contributed by atoms with Gasteiger partial charge in [0.1, 0.15) is 11.6 Å². The summed E-state index contributed by atoms with van der Waals surface area (Å²) >= 11 is 0. The second-order valence-corrected chi connectivity index (χ2v) is 11.3. The smallest absolute Gasteiger partial charge is 0.175 e. The number of para-hydroxylation sites is 1. The van der Waals surface area contributed by atoms with Crippen LogP contribution in [-0.4, -0.2) is 57.0 Å². The normalized spacial score (nSPS) is 18.4. The van der Waals surface area contributed by atoms with Gasteiger partial charge in [-0.1, -0.05) is 24.3 Å². The number of hydrogen-bond donors (Lipinski definition) is 0. The van der Waals surface area contributed by atoms with Crippen molar-refractivity contribution in [3.63, 3.8) is 0 Å². The van der Waals surface area contributed by atoms with Gasteiger partial charge in [0.15, 0.2) is 9.84 Å². The molecule has 0 radical (unpaired) electrons. The highest BCUT2D eigenvalue weighted by Gasteiger charge is 2.23. The maximum Gasteiger partial charge on any atom is 0.175 e. The molecule has 4 aromatic rings. The van der Waals surface area contributed by atoms with Crippen LogP contribution in [0.15, 0.2) is 71.9 Å². The molecule has 0 amide bonds. The van der Waals surface area contributed by atoms with E-state index < -0.39 is 9.84 Å². The molecule has 7 nitrogen and oxygen atoms in total. The molecule has 2 aromatic carbocycles. The molecule has 2 aromatic heterocycles. The van der Waals surface area contributed by atoms with Crippen molar-refractivity contribution < 1.29 is 17.9 Å². The maximum absolute atomic E-state index is 11.8. The van der Waals surface area contributed by atoms with Crippen molar-refractivity contribution in [1.29, 1.82) is 0 Å². The summed E-state index contributed by atoms with van der Waals surface area (Å²) in [5.74, 6) is 1.64. The quantitative estimate of drug-likeness (QED) is 0.379. The van der Waals surface area contributed by atoms with Crippen LogP contribution in [0.4, 0.5) is 5.82 Å². The van der Waals surface area contributed by atoms with Crippen molar-refractivity contribution in [3.8, 4) is 28.0 Å². The number of methoxy groups -OCH3 is 1. The molecule has 0 saturated carbocycles. The Balaban J connectivity index is 1.52. The lowest BCUT2D eigenvalue weighted by molar-refractivity contribution is -0.00545. The highest BCUT2D eigenvalue weighted by atomic mass is 32.2. The van der Waals surface area contributed by atoms with E-state index in [1.165, 1.54) is 6.26 Å². The van der Waals surface area contributed by atoms with Crippen LogP contribution in [0.1, 0.15) is 13.8 Å². The minimum Gasteiger partial charge on any atom is -0.495 e. The summed E-state index contributed by atoms with van der Waals surface area (Å²) in [6, 6.07) is 16.9. The molecule has 0 N–H and O–H groups in total. The molecule has 0 aliphatic carbocycles. The van der Waals surface area contributed by atoms with Gasteiger partial charge in [0.2, 0.25) is 0 Å². The van der Waals surface area contributed by atoms with Crippen molar-refractivity contribution in [2.24, 2.45) is 0 Å². The number of benzene rings is 2. The summed E-state index contributed by atoms with van der Waals surface area (Å²) in [5, 5.41) is 0.875. The molecule has 186 valence electrons. The molecule has 1 saturated heterocycles. The largest absolute Gasteiger partial charge is 0.495 e. The third-order valence-electron chi connectivity index (χ3n) is 6.45. The molecule has 0 spiro atoms. The van der Waals surface area contributed by atoms with Crippen molar-refractivity contribution >= 4 is 26.6 Å². The van der Waals surface area contributed by atoms with Gasteiger partial charge in [-0.05, 0) is 49.7 Å². The molecule has 1 aliphatic rings. The van der Waals surface area contributed by atoms with Gasteiger partial charge in [0.05, 0.1) is 29.7 Å². The molecular weight excluding hydrogens is 474 g/mol. The van der Waals surface area contributed by atoms with E-state index in [-0.39, 0.29) is 17.1 Å². The fourth-order valence-electron chi connectivity index (χ4n) is 4.84. The van der Waals surface area contributed by atoms with E-state index in [2.05, 4.69) is 18.7 Å². The first kappa shape index (κ1) is 24.2. The second-order valence-electron chi connectivity index (χ2n) is 9.27. The summed E-state index contributed by atoms with van der Waals surface area (Å²) in [5.41, 5.74) is 4.35. The molecule has 0 bridgehead atoms. The summed E-state index contributed by atoms with van der Waals surface area (Å²) in [6.45, 7) is 5.78. The van der Waals surface area contributed by atoms with Crippen LogP contribution in [0.3, 0.4) is 0 Å². The van der Waals surface area contributed by atoms with E-state index in [4.69, 9.17) is 19.4 Å². The van der Waals surface area contributed by atoms with Crippen LogP contribution in [0.5, 0.6) is 5.75 Å². The summed E-state index contributed by atoms with van der Waals surface area (Å²) in [7, 11) is -1.60. The van der Waals surface area contributed by atoms with Gasteiger partial charge >= 0.3 is 0 Å². The molecule has 5 rings (SSSR count). The minimum atomic E-state index is -3.26. The Bertz CT molecular complexity index is 1490. The number of anilines is 1. The van der Waals surface area contributed by atoms with E-state index in [0.717, 1.165) is 57.8 Å². The Morgan fingerprint density at radius 1 is 0.889 bits per heavy atom. The Kier molecular flexibility index (Phi) is 6.40. The number of ether oxygens (including phenoxy) is 2. The fourth-order valence-corrected chi connectivity index (χ4v) is 5.47. The molecule has 36 heavy (non-hydrogen) atoms. The number of rotatable bonds is 5. The molecule has 8 heteroatoms. The molecular formula is C28H29N3O4S. The van der Waals surface area contributed by atoms with Crippen LogP contribution in [0, 0.1) is 0 Å². The van der Waals surface area contributed by atoms with Crippen LogP contribution >= 0.6 is 0 Å². The predicted octanol–water partition coefficient (Wildman–Crippen LogP) is 4.99. The van der Waals surface area contributed by atoms with Crippen LogP contribution in [-0.2, 0) is 14.6 Å². The molecule has 0 unspecified atom stereocenters. The van der Waals surface area contributed by atoms with Gasteiger partial charge in [-0.3, -0.25) is 4.98 Å². The summed E-state index contributed by atoms with van der Waals surface area (Å²) in [6.07, 6.45) is 5.20. The monoisotopic (exact) mass is 503 g/mol. The maximum atomic E-state index is 11.8. The van der Waals surface area contributed by atoms with Crippen molar-refractivity contribution in [2.45, 2.75) is 31.0 Å². The lowest BCUT2D eigenvalue weighted by Gasteiger charge is -2.36. The lowest BCUT2D eigenvalue weighted by atomic mass is 9.99. The Hall–Kier alpha value is -3.49. The van der Waals surface area contributed by atoms with Gasteiger partial charge in [-0.25, -0.2) is 13.4 Å². The zero-order valence-electron chi connectivity index (χ0n) is 20.8.